The highest BCUT2D eigenvalue weighted by molar-refractivity contribution is 5.30. The molecule has 2 fully saturated rings. The van der Waals surface area contributed by atoms with Crippen LogP contribution in [0.4, 0.5) is 0 Å². The summed E-state index contributed by atoms with van der Waals surface area (Å²) in [4.78, 5) is 0. The Morgan fingerprint density at radius 2 is 2.05 bits per heavy atom. The van der Waals surface area contributed by atoms with Gasteiger partial charge < -0.3 is 14.8 Å². The molecule has 1 N–H and O–H groups in total. The molecule has 0 amide bonds. The third kappa shape index (κ3) is 3.24. The summed E-state index contributed by atoms with van der Waals surface area (Å²) in [6.45, 7) is 6.02. The predicted molar refractivity (Wildman–Crippen MR) is 84.6 cm³/mol. The number of hydrogen-bond acceptors (Lipinski definition) is 3. The molecule has 2 saturated heterocycles. The van der Waals surface area contributed by atoms with E-state index in [2.05, 4.69) is 36.5 Å². The fourth-order valence-electron chi connectivity index (χ4n) is 3.78. The summed E-state index contributed by atoms with van der Waals surface area (Å²) < 4.78 is 11.6. The van der Waals surface area contributed by atoms with Crippen molar-refractivity contribution in [2.45, 2.75) is 57.8 Å². The van der Waals surface area contributed by atoms with Gasteiger partial charge in [0, 0.05) is 12.0 Å². The van der Waals surface area contributed by atoms with E-state index >= 15 is 0 Å². The van der Waals surface area contributed by atoms with Crippen LogP contribution in [0.15, 0.2) is 24.3 Å². The number of fused-ring (bicyclic) bond motifs is 2. The molecule has 3 rings (SSSR count). The summed E-state index contributed by atoms with van der Waals surface area (Å²) in [5.74, 6) is 1.58. The van der Waals surface area contributed by atoms with Crippen LogP contribution in [0, 0.1) is 5.92 Å². The minimum atomic E-state index is 0.413. The van der Waals surface area contributed by atoms with Crippen LogP contribution in [0.5, 0.6) is 5.75 Å². The molecule has 1 aromatic carbocycles. The molecule has 0 aliphatic carbocycles. The van der Waals surface area contributed by atoms with Crippen molar-refractivity contribution < 1.29 is 9.47 Å². The lowest BCUT2D eigenvalue weighted by atomic mass is 9.81. The maximum atomic E-state index is 6.06. The van der Waals surface area contributed by atoms with Crippen LogP contribution in [0.25, 0.3) is 0 Å². The molecule has 0 spiro atoms. The lowest BCUT2D eigenvalue weighted by Crippen LogP contribution is -2.34. The number of benzene rings is 1. The van der Waals surface area contributed by atoms with Crippen LogP contribution in [-0.2, 0) is 4.74 Å². The Bertz CT molecular complexity index is 445. The molecule has 2 aliphatic heterocycles. The lowest BCUT2D eigenvalue weighted by molar-refractivity contribution is 0.0857. The van der Waals surface area contributed by atoms with Gasteiger partial charge in [0.2, 0.25) is 0 Å². The zero-order valence-corrected chi connectivity index (χ0v) is 13.2. The smallest absolute Gasteiger partial charge is 0.119 e. The largest absolute Gasteiger partial charge is 0.494 e. The first-order valence-corrected chi connectivity index (χ1v) is 8.43. The minimum Gasteiger partial charge on any atom is -0.494 e. The Morgan fingerprint density at radius 3 is 2.62 bits per heavy atom. The summed E-state index contributed by atoms with van der Waals surface area (Å²) in [6.07, 6.45) is 5.82. The molecule has 116 valence electrons. The van der Waals surface area contributed by atoms with Crippen LogP contribution in [0.2, 0.25) is 0 Å². The fraction of sp³-hybridized carbons (Fsp3) is 0.667. The van der Waals surface area contributed by atoms with Crippen molar-refractivity contribution in [1.82, 2.24) is 5.32 Å². The quantitative estimate of drug-likeness (QED) is 0.830. The Kier molecular flexibility index (Phi) is 4.81. The van der Waals surface area contributed by atoms with Crippen LogP contribution >= 0.6 is 0 Å². The average molecular weight is 289 g/mol. The fourth-order valence-corrected chi connectivity index (χ4v) is 3.78. The van der Waals surface area contributed by atoms with E-state index in [0.29, 0.717) is 24.2 Å². The molecule has 2 aliphatic rings. The monoisotopic (exact) mass is 289 g/mol. The van der Waals surface area contributed by atoms with Gasteiger partial charge in [-0.1, -0.05) is 19.1 Å². The second-order valence-electron chi connectivity index (χ2n) is 6.21. The van der Waals surface area contributed by atoms with Gasteiger partial charge >= 0.3 is 0 Å². The second kappa shape index (κ2) is 6.80. The van der Waals surface area contributed by atoms with Gasteiger partial charge in [0.1, 0.15) is 5.75 Å². The number of hydrogen-bond donors (Lipinski definition) is 1. The molecule has 3 nitrogen and oxygen atoms in total. The van der Waals surface area contributed by atoms with Crippen LogP contribution < -0.4 is 10.1 Å². The van der Waals surface area contributed by atoms with Crippen molar-refractivity contribution in [3.8, 4) is 5.75 Å². The Hall–Kier alpha value is -1.06. The summed E-state index contributed by atoms with van der Waals surface area (Å²) in [5.41, 5.74) is 1.37. The Balaban J connectivity index is 1.75. The third-order valence-corrected chi connectivity index (χ3v) is 4.75. The van der Waals surface area contributed by atoms with Gasteiger partial charge in [0.05, 0.1) is 18.8 Å². The Morgan fingerprint density at radius 1 is 1.24 bits per heavy atom. The Labute approximate surface area is 128 Å². The first-order valence-electron chi connectivity index (χ1n) is 8.43. The third-order valence-electron chi connectivity index (χ3n) is 4.75. The van der Waals surface area contributed by atoms with E-state index in [1.165, 1.54) is 24.8 Å². The molecule has 3 heteroatoms. The molecule has 1 aromatic rings. The lowest BCUT2D eigenvalue weighted by Gasteiger charge is -2.30. The first kappa shape index (κ1) is 14.9. The van der Waals surface area contributed by atoms with Crippen molar-refractivity contribution in [3.05, 3.63) is 29.8 Å². The van der Waals surface area contributed by atoms with Gasteiger partial charge in [-0.15, -0.1) is 0 Å². The van der Waals surface area contributed by atoms with E-state index in [4.69, 9.17) is 9.47 Å². The van der Waals surface area contributed by atoms with E-state index < -0.39 is 0 Å². The SMILES string of the molecule is CCCNC(c1ccc(OCC)cc1)C1CC2CCC1O2. The van der Waals surface area contributed by atoms with Crippen molar-refractivity contribution >= 4 is 0 Å². The summed E-state index contributed by atoms with van der Waals surface area (Å²) in [6, 6.07) is 9.02. The molecular weight excluding hydrogens is 262 g/mol. The first-order chi connectivity index (χ1) is 10.3. The second-order valence-corrected chi connectivity index (χ2v) is 6.21. The van der Waals surface area contributed by atoms with Crippen molar-refractivity contribution in [2.75, 3.05) is 13.2 Å². The van der Waals surface area contributed by atoms with E-state index in [-0.39, 0.29) is 0 Å². The van der Waals surface area contributed by atoms with Crippen molar-refractivity contribution in [1.29, 1.82) is 0 Å². The highest BCUT2D eigenvalue weighted by Gasteiger charge is 2.44. The van der Waals surface area contributed by atoms with Crippen LogP contribution in [-0.4, -0.2) is 25.4 Å². The van der Waals surface area contributed by atoms with E-state index in [1.807, 2.05) is 6.92 Å². The maximum absolute atomic E-state index is 6.06. The summed E-state index contributed by atoms with van der Waals surface area (Å²) >= 11 is 0. The molecule has 4 unspecified atom stereocenters. The van der Waals surface area contributed by atoms with Gasteiger partial charge in [-0.05, 0) is 56.8 Å². The van der Waals surface area contributed by atoms with E-state index in [1.54, 1.807) is 0 Å². The van der Waals surface area contributed by atoms with Gasteiger partial charge in [0.25, 0.3) is 0 Å². The van der Waals surface area contributed by atoms with Gasteiger partial charge in [-0.25, -0.2) is 0 Å². The molecular formula is C18H27NO2. The molecule has 0 radical (unpaired) electrons. The minimum absolute atomic E-state index is 0.413. The average Bonchev–Trinajstić information content (AvgIpc) is 3.12. The highest BCUT2D eigenvalue weighted by Crippen LogP contribution is 2.44. The maximum Gasteiger partial charge on any atom is 0.119 e. The highest BCUT2D eigenvalue weighted by atomic mass is 16.5. The molecule has 2 bridgehead atoms. The molecule has 21 heavy (non-hydrogen) atoms. The van der Waals surface area contributed by atoms with E-state index in [9.17, 15) is 0 Å². The van der Waals surface area contributed by atoms with E-state index in [0.717, 1.165) is 25.3 Å². The van der Waals surface area contributed by atoms with Crippen LogP contribution in [0.1, 0.15) is 51.1 Å². The predicted octanol–water partition coefficient (Wildman–Crippen LogP) is 3.69. The van der Waals surface area contributed by atoms with Crippen molar-refractivity contribution in [2.24, 2.45) is 5.92 Å². The zero-order valence-electron chi connectivity index (χ0n) is 13.2. The summed E-state index contributed by atoms with van der Waals surface area (Å²) in [7, 11) is 0. The number of nitrogens with one attached hydrogen (secondary N) is 1. The van der Waals surface area contributed by atoms with Crippen LogP contribution in [0.3, 0.4) is 0 Å². The molecule has 0 aromatic heterocycles. The normalized spacial score (nSPS) is 28.8. The van der Waals surface area contributed by atoms with Gasteiger partial charge in [-0.2, -0.15) is 0 Å². The van der Waals surface area contributed by atoms with Crippen molar-refractivity contribution in [3.63, 3.8) is 0 Å². The molecule has 2 heterocycles. The standard InChI is InChI=1S/C18H27NO2/c1-3-11-19-18(16-12-15-9-10-17(16)21-15)13-5-7-14(8-6-13)20-4-2/h5-8,15-19H,3-4,9-12H2,1-2H3. The topological polar surface area (TPSA) is 30.5 Å². The summed E-state index contributed by atoms with van der Waals surface area (Å²) in [5, 5.41) is 3.74. The molecule has 4 atom stereocenters. The number of rotatable bonds is 7. The van der Waals surface area contributed by atoms with Gasteiger partial charge in [-0.3, -0.25) is 0 Å². The molecule has 0 saturated carbocycles. The number of ether oxygens (including phenoxy) is 2. The zero-order chi connectivity index (χ0) is 14.7. The van der Waals surface area contributed by atoms with Gasteiger partial charge in [0.15, 0.2) is 0 Å².